The SMILES string of the molecule is Cc1ccc(C(=O)NCC(=O)OCc2ccc(Cl)c(Cl)c2)cc1C. The standard InChI is InChI=1S/C18H17Cl2NO3/c1-11-3-5-14(7-12(11)2)18(23)21-9-17(22)24-10-13-4-6-15(19)16(20)8-13/h3-8H,9-10H2,1-2H3,(H,21,23). The zero-order chi connectivity index (χ0) is 17.7. The summed E-state index contributed by atoms with van der Waals surface area (Å²) in [5, 5.41) is 3.38. The van der Waals surface area contributed by atoms with Crippen LogP contribution < -0.4 is 5.32 Å². The summed E-state index contributed by atoms with van der Waals surface area (Å²) < 4.78 is 5.10. The Morgan fingerprint density at radius 3 is 2.42 bits per heavy atom. The molecule has 0 bridgehead atoms. The highest BCUT2D eigenvalue weighted by molar-refractivity contribution is 6.42. The molecule has 0 aromatic heterocycles. The van der Waals surface area contributed by atoms with Crippen LogP contribution in [-0.4, -0.2) is 18.4 Å². The van der Waals surface area contributed by atoms with Crippen LogP contribution in [0.25, 0.3) is 0 Å². The molecule has 6 heteroatoms. The molecular formula is C18H17Cl2NO3. The van der Waals surface area contributed by atoms with Crippen molar-refractivity contribution in [2.24, 2.45) is 0 Å². The third-order valence-electron chi connectivity index (χ3n) is 3.55. The Morgan fingerprint density at radius 2 is 1.75 bits per heavy atom. The summed E-state index contributed by atoms with van der Waals surface area (Å²) >= 11 is 11.7. The highest BCUT2D eigenvalue weighted by Crippen LogP contribution is 2.22. The number of hydrogen-bond donors (Lipinski definition) is 1. The number of halogens is 2. The van der Waals surface area contributed by atoms with Gasteiger partial charge in [0.25, 0.3) is 5.91 Å². The fourth-order valence-electron chi connectivity index (χ4n) is 1.98. The molecule has 0 spiro atoms. The summed E-state index contributed by atoms with van der Waals surface area (Å²) in [6, 6.07) is 10.4. The minimum atomic E-state index is -0.529. The van der Waals surface area contributed by atoms with E-state index in [1.54, 1.807) is 30.3 Å². The molecule has 0 atom stereocenters. The van der Waals surface area contributed by atoms with Crippen LogP contribution in [0, 0.1) is 13.8 Å². The predicted octanol–water partition coefficient (Wildman–Crippen LogP) is 4.08. The minimum absolute atomic E-state index is 0.0647. The van der Waals surface area contributed by atoms with Crippen LogP contribution in [0.4, 0.5) is 0 Å². The van der Waals surface area contributed by atoms with Crippen LogP contribution in [0.15, 0.2) is 36.4 Å². The molecule has 0 saturated carbocycles. The molecule has 4 nitrogen and oxygen atoms in total. The highest BCUT2D eigenvalue weighted by atomic mass is 35.5. The maximum Gasteiger partial charge on any atom is 0.325 e. The average molecular weight is 366 g/mol. The molecule has 1 amide bonds. The Labute approximate surface area is 150 Å². The van der Waals surface area contributed by atoms with Crippen LogP contribution in [0.3, 0.4) is 0 Å². The van der Waals surface area contributed by atoms with E-state index in [0.717, 1.165) is 16.7 Å². The largest absolute Gasteiger partial charge is 0.460 e. The molecule has 2 aromatic rings. The molecular weight excluding hydrogens is 349 g/mol. The van der Waals surface area contributed by atoms with Gasteiger partial charge in [0.2, 0.25) is 0 Å². The minimum Gasteiger partial charge on any atom is -0.460 e. The van der Waals surface area contributed by atoms with Crippen molar-refractivity contribution in [1.82, 2.24) is 5.32 Å². The number of carbonyl (C=O) groups excluding carboxylic acids is 2. The van der Waals surface area contributed by atoms with Gasteiger partial charge in [-0.05, 0) is 54.8 Å². The maximum absolute atomic E-state index is 12.0. The van der Waals surface area contributed by atoms with Crippen molar-refractivity contribution in [2.75, 3.05) is 6.54 Å². The van der Waals surface area contributed by atoms with Crippen molar-refractivity contribution in [3.8, 4) is 0 Å². The highest BCUT2D eigenvalue weighted by Gasteiger charge is 2.10. The monoisotopic (exact) mass is 365 g/mol. The first kappa shape index (κ1) is 18.3. The lowest BCUT2D eigenvalue weighted by molar-refractivity contribution is -0.143. The van der Waals surface area contributed by atoms with Gasteiger partial charge in [-0.2, -0.15) is 0 Å². The molecule has 0 saturated heterocycles. The normalized spacial score (nSPS) is 10.3. The average Bonchev–Trinajstić information content (AvgIpc) is 2.56. The fourth-order valence-corrected chi connectivity index (χ4v) is 2.30. The van der Waals surface area contributed by atoms with Crippen LogP contribution in [-0.2, 0) is 16.1 Å². The van der Waals surface area contributed by atoms with Gasteiger partial charge in [0, 0.05) is 5.56 Å². The lowest BCUT2D eigenvalue weighted by atomic mass is 10.1. The molecule has 0 heterocycles. The Morgan fingerprint density at radius 1 is 1.00 bits per heavy atom. The molecule has 0 unspecified atom stereocenters. The number of benzene rings is 2. The van der Waals surface area contributed by atoms with Gasteiger partial charge in [0.1, 0.15) is 13.2 Å². The van der Waals surface area contributed by atoms with E-state index < -0.39 is 5.97 Å². The van der Waals surface area contributed by atoms with Gasteiger partial charge >= 0.3 is 5.97 Å². The number of esters is 1. The zero-order valence-corrected chi connectivity index (χ0v) is 14.9. The van der Waals surface area contributed by atoms with E-state index in [9.17, 15) is 9.59 Å². The second kappa shape index (κ2) is 8.18. The van der Waals surface area contributed by atoms with E-state index in [1.165, 1.54) is 0 Å². The summed E-state index contributed by atoms with van der Waals surface area (Å²) in [7, 11) is 0. The van der Waals surface area contributed by atoms with Gasteiger partial charge in [0.05, 0.1) is 10.0 Å². The lowest BCUT2D eigenvalue weighted by Gasteiger charge is -2.08. The van der Waals surface area contributed by atoms with Crippen molar-refractivity contribution in [3.05, 3.63) is 68.7 Å². The van der Waals surface area contributed by atoms with E-state index in [1.807, 2.05) is 19.9 Å². The summed E-state index contributed by atoms with van der Waals surface area (Å²) in [6.45, 7) is 3.76. The molecule has 0 aliphatic carbocycles. The van der Waals surface area contributed by atoms with E-state index in [2.05, 4.69) is 5.32 Å². The maximum atomic E-state index is 12.0. The van der Waals surface area contributed by atoms with Crippen LogP contribution in [0.1, 0.15) is 27.0 Å². The third kappa shape index (κ3) is 4.98. The van der Waals surface area contributed by atoms with Gasteiger partial charge in [0.15, 0.2) is 0 Å². The number of rotatable bonds is 5. The van der Waals surface area contributed by atoms with Crippen LogP contribution >= 0.6 is 23.2 Å². The Kier molecular flexibility index (Phi) is 6.23. The molecule has 126 valence electrons. The fraction of sp³-hybridized carbons (Fsp3) is 0.222. The Bertz CT molecular complexity index is 775. The van der Waals surface area contributed by atoms with Crippen molar-refractivity contribution < 1.29 is 14.3 Å². The summed E-state index contributed by atoms with van der Waals surface area (Å²) in [5.41, 5.74) is 3.35. The predicted molar refractivity (Wildman–Crippen MR) is 94.5 cm³/mol. The molecule has 0 fully saturated rings. The third-order valence-corrected chi connectivity index (χ3v) is 4.29. The van der Waals surface area contributed by atoms with Gasteiger partial charge in [-0.25, -0.2) is 0 Å². The summed E-state index contributed by atoms with van der Waals surface area (Å²) in [4.78, 5) is 23.7. The van der Waals surface area contributed by atoms with Gasteiger partial charge in [-0.1, -0.05) is 35.3 Å². The van der Waals surface area contributed by atoms with Gasteiger partial charge < -0.3 is 10.1 Å². The number of ether oxygens (including phenoxy) is 1. The zero-order valence-electron chi connectivity index (χ0n) is 13.4. The molecule has 0 radical (unpaired) electrons. The van der Waals surface area contributed by atoms with Gasteiger partial charge in [-0.15, -0.1) is 0 Å². The molecule has 0 aliphatic rings. The second-order valence-corrected chi connectivity index (χ2v) is 6.21. The van der Waals surface area contributed by atoms with Crippen LogP contribution in [0.2, 0.25) is 10.0 Å². The Balaban J connectivity index is 1.83. The molecule has 2 rings (SSSR count). The van der Waals surface area contributed by atoms with E-state index >= 15 is 0 Å². The number of nitrogens with one attached hydrogen (secondary N) is 1. The lowest BCUT2D eigenvalue weighted by Crippen LogP contribution is -2.30. The van der Waals surface area contributed by atoms with E-state index in [4.69, 9.17) is 27.9 Å². The molecule has 24 heavy (non-hydrogen) atoms. The molecule has 2 aromatic carbocycles. The number of amides is 1. The summed E-state index contributed by atoms with van der Waals surface area (Å²) in [6.07, 6.45) is 0. The number of hydrogen-bond acceptors (Lipinski definition) is 3. The quantitative estimate of drug-likeness (QED) is 0.812. The Hall–Kier alpha value is -2.04. The van der Waals surface area contributed by atoms with Crippen molar-refractivity contribution in [3.63, 3.8) is 0 Å². The molecule has 0 aliphatic heterocycles. The number of carbonyl (C=O) groups is 2. The molecule has 1 N–H and O–H groups in total. The van der Waals surface area contributed by atoms with Gasteiger partial charge in [-0.3, -0.25) is 9.59 Å². The first-order valence-electron chi connectivity index (χ1n) is 7.32. The van der Waals surface area contributed by atoms with Crippen molar-refractivity contribution >= 4 is 35.1 Å². The number of aryl methyl sites for hydroxylation is 2. The topological polar surface area (TPSA) is 55.4 Å². The first-order valence-corrected chi connectivity index (χ1v) is 8.07. The smallest absolute Gasteiger partial charge is 0.325 e. The van der Waals surface area contributed by atoms with Crippen LogP contribution in [0.5, 0.6) is 0 Å². The second-order valence-electron chi connectivity index (χ2n) is 5.39. The van der Waals surface area contributed by atoms with Crippen molar-refractivity contribution in [1.29, 1.82) is 0 Å². The summed E-state index contributed by atoms with van der Waals surface area (Å²) in [5.74, 6) is -0.845. The first-order chi connectivity index (χ1) is 11.4. The van der Waals surface area contributed by atoms with E-state index in [-0.39, 0.29) is 19.1 Å². The van der Waals surface area contributed by atoms with Crippen molar-refractivity contribution in [2.45, 2.75) is 20.5 Å². The van der Waals surface area contributed by atoms with E-state index in [0.29, 0.717) is 15.6 Å².